The third-order valence-electron chi connectivity index (χ3n) is 4.46. The summed E-state index contributed by atoms with van der Waals surface area (Å²) in [4.78, 5) is 9.48. The van der Waals surface area contributed by atoms with Gasteiger partial charge in [0.15, 0.2) is 5.58 Å². The van der Waals surface area contributed by atoms with Crippen LogP contribution in [0.3, 0.4) is 0 Å². The summed E-state index contributed by atoms with van der Waals surface area (Å²) in [6.07, 6.45) is 1.71. The molecular formula is C22H22N2O. The van der Waals surface area contributed by atoms with E-state index in [1.807, 2.05) is 70.2 Å². The third kappa shape index (κ3) is 2.60. The molecule has 0 amide bonds. The van der Waals surface area contributed by atoms with Gasteiger partial charge in [-0.1, -0.05) is 45.9 Å². The van der Waals surface area contributed by atoms with E-state index >= 15 is 0 Å². The lowest BCUT2D eigenvalue weighted by atomic mass is 9.93. The molecule has 0 fully saturated rings. The van der Waals surface area contributed by atoms with Crippen LogP contribution in [0.5, 0.6) is 0 Å². The Morgan fingerprint density at radius 3 is 2.40 bits per heavy atom. The number of benzene rings is 1. The summed E-state index contributed by atoms with van der Waals surface area (Å²) < 4.78 is 23.1. The van der Waals surface area contributed by atoms with Gasteiger partial charge >= 0.3 is 0 Å². The van der Waals surface area contributed by atoms with Crippen molar-refractivity contribution in [3.8, 4) is 11.4 Å². The lowest BCUT2D eigenvalue weighted by Gasteiger charge is -2.16. The minimum absolute atomic E-state index is 0.643. The smallest absolute Gasteiger partial charge is 0.154 e. The van der Waals surface area contributed by atoms with Gasteiger partial charge in [-0.3, -0.25) is 4.98 Å². The Balaban J connectivity index is 2.12. The van der Waals surface area contributed by atoms with E-state index in [1.165, 1.54) is 0 Å². The summed E-state index contributed by atoms with van der Waals surface area (Å²) in [5, 5.41) is 0.936. The van der Waals surface area contributed by atoms with Gasteiger partial charge in [0.1, 0.15) is 11.1 Å². The van der Waals surface area contributed by atoms with Crippen molar-refractivity contribution < 1.29 is 7.16 Å². The summed E-state index contributed by atoms with van der Waals surface area (Å²) in [6.45, 7) is 7.34. The van der Waals surface area contributed by atoms with Gasteiger partial charge in [0.2, 0.25) is 0 Å². The number of aromatic nitrogens is 2. The predicted octanol–water partition coefficient (Wildman–Crippen LogP) is 6.29. The summed E-state index contributed by atoms with van der Waals surface area (Å²) in [7, 11) is 0. The number of rotatable bonds is 3. The molecule has 0 N–H and O–H groups in total. The predicted molar refractivity (Wildman–Crippen MR) is 103 cm³/mol. The molecule has 0 saturated heterocycles. The molecule has 3 nitrogen and oxygen atoms in total. The number of furan rings is 1. The SMILES string of the molecule is [2H]C(C)(C)c1cccnc1-c1nc2c(cc1C([2H])(C)C)oc1ccccc12. The van der Waals surface area contributed by atoms with Crippen LogP contribution in [0.1, 0.15) is 53.4 Å². The Labute approximate surface area is 150 Å². The molecule has 3 aromatic heterocycles. The van der Waals surface area contributed by atoms with Gasteiger partial charge in [-0.15, -0.1) is 0 Å². The van der Waals surface area contributed by atoms with Gasteiger partial charge in [0.25, 0.3) is 0 Å². The Bertz CT molecular complexity index is 1150. The highest BCUT2D eigenvalue weighted by atomic mass is 16.3. The van der Waals surface area contributed by atoms with Crippen molar-refractivity contribution in [1.82, 2.24) is 9.97 Å². The molecule has 0 aliphatic carbocycles. The second-order valence-corrected chi connectivity index (χ2v) is 6.73. The van der Waals surface area contributed by atoms with Crippen molar-refractivity contribution in [3.63, 3.8) is 0 Å². The molecule has 0 radical (unpaired) electrons. The molecule has 4 aromatic rings. The van der Waals surface area contributed by atoms with E-state index in [9.17, 15) is 0 Å². The van der Waals surface area contributed by atoms with Crippen molar-refractivity contribution in [2.45, 2.75) is 39.5 Å². The highest BCUT2D eigenvalue weighted by Gasteiger charge is 2.20. The maximum absolute atomic E-state index is 8.64. The number of pyridine rings is 2. The number of nitrogens with zero attached hydrogens (tertiary/aromatic N) is 2. The zero-order chi connectivity index (χ0) is 19.4. The third-order valence-corrected chi connectivity index (χ3v) is 4.46. The summed E-state index contributed by atoms with van der Waals surface area (Å²) in [6, 6.07) is 13.4. The zero-order valence-electron chi connectivity index (χ0n) is 16.9. The number of hydrogen-bond acceptors (Lipinski definition) is 3. The lowest BCUT2D eigenvalue weighted by Crippen LogP contribution is -2.02. The second-order valence-electron chi connectivity index (χ2n) is 6.73. The van der Waals surface area contributed by atoms with Gasteiger partial charge in [-0.05, 0) is 47.2 Å². The van der Waals surface area contributed by atoms with Crippen LogP contribution in [0.4, 0.5) is 0 Å². The van der Waals surface area contributed by atoms with Gasteiger partial charge in [-0.25, -0.2) is 4.98 Å². The maximum atomic E-state index is 8.64. The fraction of sp³-hybridized carbons (Fsp3) is 0.273. The molecule has 0 saturated carbocycles. The Hall–Kier alpha value is -2.68. The van der Waals surface area contributed by atoms with E-state index in [0.717, 1.165) is 27.6 Å². The highest BCUT2D eigenvalue weighted by molar-refractivity contribution is 6.03. The monoisotopic (exact) mass is 332 g/mol. The molecule has 25 heavy (non-hydrogen) atoms. The number of hydrogen-bond donors (Lipinski definition) is 0. The summed E-state index contributed by atoms with van der Waals surface area (Å²) >= 11 is 0. The summed E-state index contributed by atoms with van der Waals surface area (Å²) in [5.74, 6) is -1.72. The molecule has 0 atom stereocenters. The fourth-order valence-corrected chi connectivity index (χ4v) is 3.19. The van der Waals surface area contributed by atoms with Crippen molar-refractivity contribution in [2.75, 3.05) is 0 Å². The van der Waals surface area contributed by atoms with E-state index in [4.69, 9.17) is 12.1 Å². The molecule has 0 bridgehead atoms. The van der Waals surface area contributed by atoms with E-state index in [2.05, 4.69) is 4.98 Å². The molecule has 3 heteroatoms. The van der Waals surface area contributed by atoms with Crippen LogP contribution >= 0.6 is 0 Å². The van der Waals surface area contributed by atoms with Gasteiger partial charge in [0, 0.05) is 14.3 Å². The van der Waals surface area contributed by atoms with Crippen LogP contribution in [0.25, 0.3) is 33.5 Å². The molecule has 0 aliphatic rings. The Morgan fingerprint density at radius 1 is 0.880 bits per heavy atom. The second kappa shape index (κ2) is 5.99. The molecule has 126 valence electrons. The molecular weight excluding hydrogens is 308 g/mol. The van der Waals surface area contributed by atoms with Crippen LogP contribution in [-0.2, 0) is 0 Å². The average molecular weight is 332 g/mol. The highest BCUT2D eigenvalue weighted by Crippen LogP contribution is 2.36. The quantitative estimate of drug-likeness (QED) is 0.442. The number of para-hydroxylation sites is 1. The summed E-state index contributed by atoms with van der Waals surface area (Å²) in [5.41, 5.74) is 5.01. The fourth-order valence-electron chi connectivity index (χ4n) is 3.19. The van der Waals surface area contributed by atoms with Crippen LogP contribution in [0.15, 0.2) is 53.1 Å². The topological polar surface area (TPSA) is 38.9 Å². The van der Waals surface area contributed by atoms with Crippen molar-refractivity contribution >= 4 is 22.1 Å². The molecule has 4 rings (SSSR count). The van der Waals surface area contributed by atoms with Crippen LogP contribution in [-0.4, -0.2) is 9.97 Å². The van der Waals surface area contributed by atoms with Crippen LogP contribution in [0, 0.1) is 0 Å². The molecule has 3 heterocycles. The first kappa shape index (κ1) is 13.6. The number of fused-ring (bicyclic) bond motifs is 3. The van der Waals surface area contributed by atoms with Gasteiger partial charge < -0.3 is 4.42 Å². The Kier molecular flexibility index (Phi) is 3.26. The lowest BCUT2D eigenvalue weighted by molar-refractivity contribution is 0.666. The minimum Gasteiger partial charge on any atom is -0.454 e. The van der Waals surface area contributed by atoms with E-state index in [-0.39, 0.29) is 0 Å². The Morgan fingerprint density at radius 2 is 1.64 bits per heavy atom. The van der Waals surface area contributed by atoms with E-state index < -0.39 is 11.8 Å². The zero-order valence-corrected chi connectivity index (χ0v) is 14.9. The minimum atomic E-state index is -0.892. The van der Waals surface area contributed by atoms with Crippen molar-refractivity contribution in [1.29, 1.82) is 0 Å². The van der Waals surface area contributed by atoms with E-state index in [1.54, 1.807) is 6.20 Å². The standard InChI is InChI=1S/C22H22N2O/c1-13(2)15-9-7-11-23-21(15)22-17(14(3)4)12-19-20(24-22)16-8-5-6-10-18(16)25-19/h5-14H,1-4H3/i13D,14D. The first-order valence-corrected chi connectivity index (χ1v) is 8.45. The van der Waals surface area contributed by atoms with Crippen molar-refractivity contribution in [2.24, 2.45) is 0 Å². The van der Waals surface area contributed by atoms with Crippen LogP contribution in [0.2, 0.25) is 0 Å². The largest absolute Gasteiger partial charge is 0.454 e. The molecule has 1 aromatic carbocycles. The van der Waals surface area contributed by atoms with Gasteiger partial charge in [0.05, 0.1) is 11.4 Å². The normalized spacial score (nSPS) is 13.9. The average Bonchev–Trinajstić information content (AvgIpc) is 2.97. The van der Waals surface area contributed by atoms with Crippen molar-refractivity contribution in [3.05, 3.63) is 59.8 Å². The first-order chi connectivity index (χ1) is 12.7. The van der Waals surface area contributed by atoms with E-state index in [0.29, 0.717) is 17.0 Å². The van der Waals surface area contributed by atoms with Gasteiger partial charge in [-0.2, -0.15) is 0 Å². The molecule has 0 unspecified atom stereocenters. The molecule has 0 aliphatic heterocycles. The van der Waals surface area contributed by atoms with Crippen LogP contribution < -0.4 is 0 Å². The maximum Gasteiger partial charge on any atom is 0.154 e. The molecule has 0 spiro atoms. The first-order valence-electron chi connectivity index (χ1n) is 9.45.